The van der Waals surface area contributed by atoms with Gasteiger partial charge in [-0.2, -0.15) is 11.3 Å². The largest absolute Gasteiger partial charge is 0.392 e. The normalized spacial score (nSPS) is 23.9. The second-order valence-corrected chi connectivity index (χ2v) is 4.40. The highest BCUT2D eigenvalue weighted by atomic mass is 32.1. The molecule has 1 aromatic rings. The maximum atomic E-state index is 9.32. The lowest BCUT2D eigenvalue weighted by molar-refractivity contribution is 0.177. The SMILES string of the molecule is OC1CCN(CCc2ccsc2)C1. The van der Waals surface area contributed by atoms with E-state index in [1.807, 2.05) is 0 Å². The summed E-state index contributed by atoms with van der Waals surface area (Å²) in [6.45, 7) is 3.02. The lowest BCUT2D eigenvalue weighted by Crippen LogP contribution is -2.24. The molecule has 1 aliphatic heterocycles. The number of nitrogens with zero attached hydrogens (tertiary/aromatic N) is 1. The molecular weight excluding hydrogens is 182 g/mol. The van der Waals surface area contributed by atoms with Crippen molar-refractivity contribution in [1.29, 1.82) is 0 Å². The molecule has 1 atom stereocenters. The number of aliphatic hydroxyl groups is 1. The molecule has 1 N–H and O–H groups in total. The fraction of sp³-hybridized carbons (Fsp3) is 0.600. The molecule has 1 fully saturated rings. The Morgan fingerprint density at radius 1 is 1.62 bits per heavy atom. The molecule has 0 radical (unpaired) electrons. The minimum Gasteiger partial charge on any atom is -0.392 e. The van der Waals surface area contributed by atoms with E-state index in [-0.39, 0.29) is 6.10 Å². The van der Waals surface area contributed by atoms with Crippen LogP contribution in [0, 0.1) is 0 Å². The number of aliphatic hydroxyl groups excluding tert-OH is 1. The molecular formula is C10H15NOS. The van der Waals surface area contributed by atoms with Crippen LogP contribution < -0.4 is 0 Å². The second kappa shape index (κ2) is 4.22. The summed E-state index contributed by atoms with van der Waals surface area (Å²) >= 11 is 1.75. The molecule has 0 spiro atoms. The van der Waals surface area contributed by atoms with Gasteiger partial charge in [-0.1, -0.05) is 0 Å². The lowest BCUT2D eigenvalue weighted by atomic mass is 10.2. The van der Waals surface area contributed by atoms with Gasteiger partial charge in [0, 0.05) is 19.6 Å². The van der Waals surface area contributed by atoms with Crippen LogP contribution >= 0.6 is 11.3 Å². The first-order valence-corrected chi connectivity index (χ1v) is 5.70. The van der Waals surface area contributed by atoms with Crippen molar-refractivity contribution in [3.63, 3.8) is 0 Å². The van der Waals surface area contributed by atoms with E-state index < -0.39 is 0 Å². The molecule has 2 rings (SSSR count). The minimum atomic E-state index is -0.0810. The standard InChI is InChI=1S/C10H15NOS/c12-10-2-5-11(7-10)4-1-9-3-6-13-8-9/h3,6,8,10,12H,1-2,4-5,7H2. The molecule has 0 amide bonds. The Hall–Kier alpha value is -0.380. The number of likely N-dealkylation sites (tertiary alicyclic amines) is 1. The van der Waals surface area contributed by atoms with Crippen LogP contribution in [0.3, 0.4) is 0 Å². The van der Waals surface area contributed by atoms with Crippen molar-refractivity contribution >= 4 is 11.3 Å². The predicted octanol–water partition coefficient (Wildman–Crippen LogP) is 1.36. The molecule has 2 nitrogen and oxygen atoms in total. The molecule has 0 saturated carbocycles. The molecule has 3 heteroatoms. The average molecular weight is 197 g/mol. The molecule has 0 bridgehead atoms. The zero-order chi connectivity index (χ0) is 9.10. The van der Waals surface area contributed by atoms with Crippen molar-refractivity contribution in [3.05, 3.63) is 22.4 Å². The second-order valence-electron chi connectivity index (χ2n) is 3.62. The third-order valence-corrected chi connectivity index (χ3v) is 3.28. The summed E-state index contributed by atoms with van der Waals surface area (Å²) < 4.78 is 0. The van der Waals surface area contributed by atoms with Crippen LogP contribution in [0.15, 0.2) is 16.8 Å². The van der Waals surface area contributed by atoms with Crippen LogP contribution in [0.2, 0.25) is 0 Å². The zero-order valence-corrected chi connectivity index (χ0v) is 8.46. The molecule has 0 aliphatic carbocycles. The van der Waals surface area contributed by atoms with Gasteiger partial charge >= 0.3 is 0 Å². The highest BCUT2D eigenvalue weighted by Gasteiger charge is 2.19. The van der Waals surface area contributed by atoms with E-state index in [1.165, 1.54) is 5.56 Å². The van der Waals surface area contributed by atoms with E-state index in [1.54, 1.807) is 11.3 Å². The first-order chi connectivity index (χ1) is 6.34. The first kappa shape index (κ1) is 9.19. The predicted molar refractivity (Wildman–Crippen MR) is 55.1 cm³/mol. The monoisotopic (exact) mass is 197 g/mol. The highest BCUT2D eigenvalue weighted by Crippen LogP contribution is 2.11. The summed E-state index contributed by atoms with van der Waals surface area (Å²) in [4.78, 5) is 2.34. The molecule has 0 aromatic carbocycles. The summed E-state index contributed by atoms with van der Waals surface area (Å²) in [5.41, 5.74) is 1.42. The van der Waals surface area contributed by atoms with Crippen LogP contribution in [0.25, 0.3) is 0 Å². The van der Waals surface area contributed by atoms with Crippen molar-refractivity contribution < 1.29 is 5.11 Å². The minimum absolute atomic E-state index is 0.0810. The van der Waals surface area contributed by atoms with Gasteiger partial charge in [-0.25, -0.2) is 0 Å². The maximum Gasteiger partial charge on any atom is 0.0679 e. The Bertz CT molecular complexity index is 247. The Labute approximate surface area is 82.8 Å². The number of β-amino-alcohol motifs (C(OH)–C–C–N with tert-alkyl or cyclic N) is 1. The Morgan fingerprint density at radius 3 is 3.15 bits per heavy atom. The molecule has 1 aliphatic rings. The quantitative estimate of drug-likeness (QED) is 0.791. The third kappa shape index (κ3) is 2.53. The van der Waals surface area contributed by atoms with Gasteiger partial charge in [0.1, 0.15) is 0 Å². The van der Waals surface area contributed by atoms with Gasteiger partial charge < -0.3 is 10.0 Å². The highest BCUT2D eigenvalue weighted by molar-refractivity contribution is 7.07. The summed E-state index contributed by atoms with van der Waals surface area (Å²) in [7, 11) is 0. The van der Waals surface area contributed by atoms with Gasteiger partial charge in [-0.05, 0) is 35.2 Å². The number of hydrogen-bond acceptors (Lipinski definition) is 3. The zero-order valence-electron chi connectivity index (χ0n) is 7.65. The van der Waals surface area contributed by atoms with Gasteiger partial charge in [-0.15, -0.1) is 0 Å². The average Bonchev–Trinajstić information content (AvgIpc) is 2.71. The smallest absolute Gasteiger partial charge is 0.0679 e. The van der Waals surface area contributed by atoms with Crippen molar-refractivity contribution in [1.82, 2.24) is 4.90 Å². The molecule has 2 heterocycles. The summed E-state index contributed by atoms with van der Waals surface area (Å²) in [5.74, 6) is 0. The van der Waals surface area contributed by atoms with Crippen molar-refractivity contribution in [2.45, 2.75) is 18.9 Å². The summed E-state index contributed by atoms with van der Waals surface area (Å²) in [5, 5.41) is 13.6. The van der Waals surface area contributed by atoms with E-state index >= 15 is 0 Å². The maximum absolute atomic E-state index is 9.32. The molecule has 72 valence electrons. The van der Waals surface area contributed by atoms with E-state index in [4.69, 9.17) is 0 Å². The van der Waals surface area contributed by atoms with Gasteiger partial charge in [0.2, 0.25) is 0 Å². The Balaban J connectivity index is 1.74. The third-order valence-electron chi connectivity index (χ3n) is 2.54. The van der Waals surface area contributed by atoms with Crippen LogP contribution in [-0.4, -0.2) is 35.7 Å². The van der Waals surface area contributed by atoms with Gasteiger partial charge in [0.05, 0.1) is 6.10 Å². The van der Waals surface area contributed by atoms with Crippen molar-refractivity contribution in [2.24, 2.45) is 0 Å². The topological polar surface area (TPSA) is 23.5 Å². The van der Waals surface area contributed by atoms with Crippen LogP contribution in [0.4, 0.5) is 0 Å². The van der Waals surface area contributed by atoms with Crippen LogP contribution in [0.5, 0.6) is 0 Å². The molecule has 1 saturated heterocycles. The Morgan fingerprint density at radius 2 is 2.54 bits per heavy atom. The Kier molecular flexibility index (Phi) is 2.98. The summed E-state index contributed by atoms with van der Waals surface area (Å²) in [6, 6.07) is 2.18. The van der Waals surface area contributed by atoms with E-state index in [0.29, 0.717) is 0 Å². The fourth-order valence-corrected chi connectivity index (χ4v) is 2.44. The van der Waals surface area contributed by atoms with Crippen molar-refractivity contribution in [3.8, 4) is 0 Å². The molecule has 13 heavy (non-hydrogen) atoms. The summed E-state index contributed by atoms with van der Waals surface area (Å²) in [6.07, 6.45) is 1.99. The van der Waals surface area contributed by atoms with Crippen LogP contribution in [-0.2, 0) is 6.42 Å². The van der Waals surface area contributed by atoms with Gasteiger partial charge in [0.25, 0.3) is 0 Å². The number of hydrogen-bond donors (Lipinski definition) is 1. The number of rotatable bonds is 3. The van der Waals surface area contributed by atoms with E-state index in [0.717, 1.165) is 32.5 Å². The van der Waals surface area contributed by atoms with Gasteiger partial charge in [-0.3, -0.25) is 0 Å². The fourth-order valence-electron chi connectivity index (χ4n) is 1.74. The van der Waals surface area contributed by atoms with Crippen LogP contribution in [0.1, 0.15) is 12.0 Å². The van der Waals surface area contributed by atoms with Gasteiger partial charge in [0.15, 0.2) is 0 Å². The van der Waals surface area contributed by atoms with E-state index in [2.05, 4.69) is 21.7 Å². The number of thiophene rings is 1. The first-order valence-electron chi connectivity index (χ1n) is 4.76. The van der Waals surface area contributed by atoms with E-state index in [9.17, 15) is 5.11 Å². The molecule has 1 unspecified atom stereocenters. The molecule has 1 aromatic heterocycles. The van der Waals surface area contributed by atoms with Crippen molar-refractivity contribution in [2.75, 3.05) is 19.6 Å². The lowest BCUT2D eigenvalue weighted by Gasteiger charge is -2.13.